The minimum Gasteiger partial charge on any atom is -0.507 e. The normalized spacial score (nSPS) is 11.2. The van der Waals surface area contributed by atoms with Crippen molar-refractivity contribution in [2.75, 3.05) is 6.61 Å². The molecule has 0 amide bonds. The molecular weight excluding hydrogens is 290 g/mol. The van der Waals surface area contributed by atoms with E-state index in [-0.39, 0.29) is 5.75 Å². The van der Waals surface area contributed by atoms with Gasteiger partial charge in [-0.15, -0.1) is 0 Å². The topological polar surface area (TPSA) is 51.5 Å². The van der Waals surface area contributed by atoms with Crippen LogP contribution in [0, 0.1) is 0 Å². The lowest BCUT2D eigenvalue weighted by molar-refractivity contribution is 0.0528. The van der Waals surface area contributed by atoms with E-state index in [9.17, 15) is 9.90 Å². The van der Waals surface area contributed by atoms with Crippen LogP contribution in [0.3, 0.4) is 0 Å². The van der Waals surface area contributed by atoms with Crippen LogP contribution in [-0.2, 0) is 11.3 Å². The molecule has 1 aromatic heterocycles. The molecule has 4 nitrogen and oxygen atoms in total. The molecule has 0 saturated carbocycles. The molecule has 1 heterocycles. The summed E-state index contributed by atoms with van der Waals surface area (Å²) in [5.41, 5.74) is 1.33. The molecule has 0 aliphatic carbocycles. The second kappa shape index (κ2) is 6.32. The maximum Gasteiger partial charge on any atom is 0.340 e. The van der Waals surface area contributed by atoms with Crippen LogP contribution < -0.4 is 0 Å². The molecule has 120 valence electrons. The second-order valence-electron chi connectivity index (χ2n) is 5.65. The van der Waals surface area contributed by atoms with Crippen LogP contribution in [-0.4, -0.2) is 22.2 Å². The van der Waals surface area contributed by atoms with E-state index < -0.39 is 5.97 Å². The Morgan fingerprint density at radius 3 is 2.78 bits per heavy atom. The van der Waals surface area contributed by atoms with E-state index in [0.29, 0.717) is 17.6 Å². The first-order chi connectivity index (χ1) is 11.2. The van der Waals surface area contributed by atoms with Crippen molar-refractivity contribution in [1.29, 1.82) is 0 Å². The van der Waals surface area contributed by atoms with Crippen LogP contribution in [0.15, 0.2) is 36.5 Å². The lowest BCUT2D eigenvalue weighted by atomic mass is 10.0. The third-order valence-electron chi connectivity index (χ3n) is 4.09. The van der Waals surface area contributed by atoms with Crippen LogP contribution >= 0.6 is 0 Å². The minimum absolute atomic E-state index is 0.122. The van der Waals surface area contributed by atoms with Crippen molar-refractivity contribution in [3.8, 4) is 5.75 Å². The van der Waals surface area contributed by atoms with Gasteiger partial charge in [-0.2, -0.15) is 0 Å². The molecule has 0 atom stereocenters. The number of hydrogen-bond acceptors (Lipinski definition) is 3. The van der Waals surface area contributed by atoms with Crippen molar-refractivity contribution >= 4 is 27.6 Å². The van der Waals surface area contributed by atoms with Gasteiger partial charge in [0, 0.05) is 18.1 Å². The fourth-order valence-corrected chi connectivity index (χ4v) is 3.03. The maximum absolute atomic E-state index is 12.3. The Balaban J connectivity index is 2.33. The number of carbonyl (C=O) groups excluding carboxylic acids is 1. The molecular formula is C19H21NO3. The van der Waals surface area contributed by atoms with Crippen LogP contribution in [0.1, 0.15) is 37.0 Å². The lowest BCUT2D eigenvalue weighted by Gasteiger charge is -2.08. The SMILES string of the molecule is CCCCn1cc(C(=O)OCC)c2c(O)cc3ccccc3c21. The predicted octanol–water partition coefficient (Wildman–Crippen LogP) is 4.48. The number of carbonyl (C=O) groups is 1. The first-order valence-corrected chi connectivity index (χ1v) is 8.08. The Bertz CT molecular complexity index is 864. The van der Waals surface area contributed by atoms with Crippen LogP contribution in [0.5, 0.6) is 5.75 Å². The van der Waals surface area contributed by atoms with Gasteiger partial charge >= 0.3 is 5.97 Å². The van der Waals surface area contributed by atoms with Crippen molar-refractivity contribution in [1.82, 2.24) is 4.57 Å². The van der Waals surface area contributed by atoms with Gasteiger partial charge in [-0.25, -0.2) is 4.79 Å². The number of nitrogens with zero attached hydrogens (tertiary/aromatic N) is 1. The summed E-state index contributed by atoms with van der Waals surface area (Å²) in [7, 11) is 0. The molecule has 0 spiro atoms. The van der Waals surface area contributed by atoms with Gasteiger partial charge in [0.1, 0.15) is 5.75 Å². The highest BCUT2D eigenvalue weighted by atomic mass is 16.5. The van der Waals surface area contributed by atoms with Crippen molar-refractivity contribution in [2.24, 2.45) is 0 Å². The van der Waals surface area contributed by atoms with Crippen LogP contribution in [0.4, 0.5) is 0 Å². The highest BCUT2D eigenvalue weighted by Crippen LogP contribution is 2.36. The molecule has 0 aliphatic rings. The monoisotopic (exact) mass is 311 g/mol. The summed E-state index contributed by atoms with van der Waals surface area (Å²) in [6.45, 7) is 5.03. The summed E-state index contributed by atoms with van der Waals surface area (Å²) in [5, 5.41) is 13.1. The number of benzene rings is 2. The Kier molecular flexibility index (Phi) is 4.24. The number of rotatable bonds is 5. The standard InChI is InChI=1S/C19H21NO3/c1-3-5-10-20-12-15(19(22)23-4-2)17-16(21)11-13-8-6-7-9-14(13)18(17)20/h6-9,11-12,21H,3-5,10H2,1-2H3. The Hall–Kier alpha value is -2.49. The number of fused-ring (bicyclic) bond motifs is 3. The van der Waals surface area contributed by atoms with Crippen LogP contribution in [0.25, 0.3) is 21.7 Å². The molecule has 23 heavy (non-hydrogen) atoms. The number of phenols is 1. The van der Waals surface area contributed by atoms with E-state index in [2.05, 4.69) is 11.5 Å². The van der Waals surface area contributed by atoms with E-state index in [1.54, 1.807) is 13.0 Å². The first-order valence-electron chi connectivity index (χ1n) is 8.08. The third kappa shape index (κ3) is 2.65. The summed E-state index contributed by atoms with van der Waals surface area (Å²) in [5.74, 6) is -0.268. The Morgan fingerprint density at radius 1 is 1.26 bits per heavy atom. The van der Waals surface area contributed by atoms with E-state index in [4.69, 9.17) is 4.74 Å². The number of aryl methyl sites for hydroxylation is 1. The summed E-state index contributed by atoms with van der Waals surface area (Å²) in [4.78, 5) is 12.3. The van der Waals surface area contributed by atoms with Crippen molar-refractivity contribution in [3.05, 3.63) is 42.1 Å². The molecule has 3 rings (SSSR count). The molecule has 2 aromatic carbocycles. The van der Waals surface area contributed by atoms with Gasteiger partial charge in [0.15, 0.2) is 0 Å². The van der Waals surface area contributed by atoms with E-state index in [1.807, 2.05) is 30.5 Å². The number of unbranched alkanes of at least 4 members (excludes halogenated alkanes) is 1. The number of hydrogen-bond donors (Lipinski definition) is 1. The van der Waals surface area contributed by atoms with Gasteiger partial charge in [-0.3, -0.25) is 0 Å². The molecule has 4 heteroatoms. The van der Waals surface area contributed by atoms with E-state index in [1.165, 1.54) is 0 Å². The zero-order valence-electron chi connectivity index (χ0n) is 13.5. The minimum atomic E-state index is -0.390. The number of esters is 1. The zero-order valence-corrected chi connectivity index (χ0v) is 13.5. The van der Waals surface area contributed by atoms with Crippen molar-refractivity contribution < 1.29 is 14.6 Å². The Morgan fingerprint density at radius 2 is 2.04 bits per heavy atom. The van der Waals surface area contributed by atoms with Gasteiger partial charge in [-0.05, 0) is 24.8 Å². The average Bonchev–Trinajstić information content (AvgIpc) is 2.94. The van der Waals surface area contributed by atoms with Crippen LogP contribution in [0.2, 0.25) is 0 Å². The third-order valence-corrected chi connectivity index (χ3v) is 4.09. The number of ether oxygens (including phenoxy) is 1. The number of phenolic OH excluding ortho intramolecular Hbond substituents is 1. The molecule has 0 radical (unpaired) electrons. The summed E-state index contributed by atoms with van der Waals surface area (Å²) in [6.07, 6.45) is 3.88. The maximum atomic E-state index is 12.3. The zero-order chi connectivity index (χ0) is 16.4. The summed E-state index contributed by atoms with van der Waals surface area (Å²) in [6, 6.07) is 9.62. The lowest BCUT2D eigenvalue weighted by Crippen LogP contribution is -2.04. The second-order valence-corrected chi connectivity index (χ2v) is 5.65. The van der Waals surface area contributed by atoms with Gasteiger partial charge in [-0.1, -0.05) is 37.6 Å². The highest BCUT2D eigenvalue weighted by Gasteiger charge is 2.21. The molecule has 0 bridgehead atoms. The molecule has 0 fully saturated rings. The highest BCUT2D eigenvalue weighted by molar-refractivity contribution is 6.16. The van der Waals surface area contributed by atoms with Crippen molar-refractivity contribution in [3.63, 3.8) is 0 Å². The van der Waals surface area contributed by atoms with E-state index >= 15 is 0 Å². The molecule has 1 N–H and O–H groups in total. The fourth-order valence-electron chi connectivity index (χ4n) is 3.03. The Labute approximate surface area is 135 Å². The number of aromatic nitrogens is 1. The summed E-state index contributed by atoms with van der Waals surface area (Å²) >= 11 is 0. The van der Waals surface area contributed by atoms with Gasteiger partial charge in [0.2, 0.25) is 0 Å². The molecule has 0 saturated heterocycles. The quantitative estimate of drug-likeness (QED) is 0.707. The first kappa shape index (κ1) is 15.4. The predicted molar refractivity (Wildman–Crippen MR) is 92.0 cm³/mol. The van der Waals surface area contributed by atoms with Gasteiger partial charge < -0.3 is 14.4 Å². The van der Waals surface area contributed by atoms with Gasteiger partial charge in [0.05, 0.1) is 23.1 Å². The smallest absolute Gasteiger partial charge is 0.340 e. The molecule has 0 unspecified atom stereocenters. The largest absolute Gasteiger partial charge is 0.507 e. The molecule has 3 aromatic rings. The summed E-state index contributed by atoms with van der Waals surface area (Å²) < 4.78 is 7.22. The van der Waals surface area contributed by atoms with Gasteiger partial charge in [0.25, 0.3) is 0 Å². The van der Waals surface area contributed by atoms with Crippen molar-refractivity contribution in [2.45, 2.75) is 33.2 Å². The average molecular weight is 311 g/mol. The van der Waals surface area contributed by atoms with E-state index in [0.717, 1.165) is 35.7 Å². The molecule has 0 aliphatic heterocycles. The fraction of sp³-hybridized carbons (Fsp3) is 0.316. The number of aromatic hydroxyl groups is 1.